The van der Waals surface area contributed by atoms with Crippen LogP contribution in [0.1, 0.15) is 22.3 Å². The van der Waals surface area contributed by atoms with Crippen LogP contribution in [0.4, 0.5) is 13.2 Å². The van der Waals surface area contributed by atoms with Crippen LogP contribution in [-0.2, 0) is 11.0 Å². The van der Waals surface area contributed by atoms with Gasteiger partial charge in [0, 0.05) is 5.56 Å². The summed E-state index contributed by atoms with van der Waals surface area (Å²) in [5.41, 5.74) is -0.922. The minimum atomic E-state index is -4.46. The molecule has 86 valence electrons. The average Bonchev–Trinajstić information content (AvgIpc) is 2.15. The summed E-state index contributed by atoms with van der Waals surface area (Å²) in [5.74, 6) is -2.04. The first kappa shape index (κ1) is 12.2. The van der Waals surface area contributed by atoms with Gasteiger partial charge >= 0.3 is 12.1 Å². The molecular formula is C10H7F3O3. The fourth-order valence-electron chi connectivity index (χ4n) is 1.08. The molecule has 0 radical (unpaired) electrons. The molecule has 0 aliphatic carbocycles. The number of hydrogen-bond acceptors (Lipinski definition) is 2. The van der Waals surface area contributed by atoms with Gasteiger partial charge in [-0.25, -0.2) is 0 Å². The third kappa shape index (κ3) is 3.08. The SMILES string of the molecule is O=C(O)CC(=O)c1ccc(C(F)(F)F)cc1. The highest BCUT2D eigenvalue weighted by molar-refractivity contribution is 6.05. The zero-order valence-electron chi connectivity index (χ0n) is 7.91. The first-order valence-electron chi connectivity index (χ1n) is 4.23. The van der Waals surface area contributed by atoms with Gasteiger partial charge in [-0.05, 0) is 12.1 Å². The number of hydrogen-bond donors (Lipinski definition) is 1. The minimum absolute atomic E-state index is 0.0459. The van der Waals surface area contributed by atoms with Crippen LogP contribution in [0.15, 0.2) is 24.3 Å². The maximum atomic E-state index is 12.2. The summed E-state index contributed by atoms with van der Waals surface area (Å²) in [7, 11) is 0. The summed E-state index contributed by atoms with van der Waals surface area (Å²) < 4.78 is 36.5. The van der Waals surface area contributed by atoms with Crippen molar-refractivity contribution < 1.29 is 27.9 Å². The van der Waals surface area contributed by atoms with Crippen LogP contribution in [0.2, 0.25) is 0 Å². The van der Waals surface area contributed by atoms with E-state index in [0.29, 0.717) is 0 Å². The highest BCUT2D eigenvalue weighted by Gasteiger charge is 2.30. The van der Waals surface area contributed by atoms with E-state index in [2.05, 4.69) is 0 Å². The van der Waals surface area contributed by atoms with Crippen molar-refractivity contribution in [1.82, 2.24) is 0 Å². The lowest BCUT2D eigenvalue weighted by Crippen LogP contribution is -2.08. The van der Waals surface area contributed by atoms with Crippen molar-refractivity contribution in [2.75, 3.05) is 0 Å². The van der Waals surface area contributed by atoms with E-state index in [4.69, 9.17) is 5.11 Å². The molecular weight excluding hydrogens is 225 g/mol. The molecule has 0 fully saturated rings. The lowest BCUT2D eigenvalue weighted by molar-refractivity contribution is -0.138. The van der Waals surface area contributed by atoms with Crippen molar-refractivity contribution in [2.45, 2.75) is 12.6 Å². The fraction of sp³-hybridized carbons (Fsp3) is 0.200. The molecule has 3 nitrogen and oxygen atoms in total. The van der Waals surface area contributed by atoms with Crippen molar-refractivity contribution in [3.63, 3.8) is 0 Å². The quantitative estimate of drug-likeness (QED) is 0.642. The van der Waals surface area contributed by atoms with Gasteiger partial charge in [-0.1, -0.05) is 12.1 Å². The van der Waals surface area contributed by atoms with Gasteiger partial charge in [-0.3, -0.25) is 9.59 Å². The highest BCUT2D eigenvalue weighted by Crippen LogP contribution is 2.29. The largest absolute Gasteiger partial charge is 0.481 e. The van der Waals surface area contributed by atoms with Crippen LogP contribution in [0, 0.1) is 0 Å². The number of carbonyl (C=O) groups is 2. The molecule has 1 rings (SSSR count). The van der Waals surface area contributed by atoms with Gasteiger partial charge in [0.05, 0.1) is 5.56 Å². The molecule has 0 aromatic heterocycles. The molecule has 0 aliphatic rings. The van der Waals surface area contributed by atoms with E-state index in [1.54, 1.807) is 0 Å². The summed E-state index contributed by atoms with van der Waals surface area (Å²) in [6, 6.07) is 3.42. The van der Waals surface area contributed by atoms with E-state index in [-0.39, 0.29) is 5.56 Å². The molecule has 0 amide bonds. The second-order valence-electron chi connectivity index (χ2n) is 3.07. The number of benzene rings is 1. The minimum Gasteiger partial charge on any atom is -0.481 e. The number of carbonyl (C=O) groups excluding carboxylic acids is 1. The Morgan fingerprint density at radius 1 is 1.12 bits per heavy atom. The molecule has 0 saturated heterocycles. The van der Waals surface area contributed by atoms with E-state index in [0.717, 1.165) is 24.3 Å². The monoisotopic (exact) mass is 232 g/mol. The topological polar surface area (TPSA) is 54.4 Å². The van der Waals surface area contributed by atoms with Gasteiger partial charge in [0.1, 0.15) is 6.42 Å². The predicted octanol–water partition coefficient (Wildman–Crippen LogP) is 2.36. The maximum absolute atomic E-state index is 12.2. The van der Waals surface area contributed by atoms with Crippen LogP contribution >= 0.6 is 0 Å². The second-order valence-corrected chi connectivity index (χ2v) is 3.07. The molecule has 0 atom stereocenters. The number of alkyl halides is 3. The Morgan fingerprint density at radius 2 is 1.62 bits per heavy atom. The number of carboxylic acid groups (broad SMARTS) is 1. The zero-order valence-corrected chi connectivity index (χ0v) is 7.91. The molecule has 16 heavy (non-hydrogen) atoms. The molecule has 6 heteroatoms. The Hall–Kier alpha value is -1.85. The van der Waals surface area contributed by atoms with Gasteiger partial charge in [0.2, 0.25) is 0 Å². The van der Waals surface area contributed by atoms with Crippen molar-refractivity contribution >= 4 is 11.8 Å². The Labute approximate surface area is 88.5 Å². The van der Waals surface area contributed by atoms with Crippen molar-refractivity contribution in [3.05, 3.63) is 35.4 Å². The predicted molar refractivity (Wildman–Crippen MR) is 48.0 cm³/mol. The Balaban J connectivity index is 2.87. The summed E-state index contributed by atoms with van der Waals surface area (Å²) in [6.07, 6.45) is -5.19. The molecule has 0 spiro atoms. The third-order valence-corrected chi connectivity index (χ3v) is 1.85. The number of carboxylic acids is 1. The van der Waals surface area contributed by atoms with E-state index < -0.39 is 29.9 Å². The number of rotatable bonds is 3. The normalized spacial score (nSPS) is 11.2. The number of aliphatic carboxylic acids is 1. The summed E-state index contributed by atoms with van der Waals surface area (Å²) in [6.45, 7) is 0. The standard InChI is InChI=1S/C10H7F3O3/c11-10(12,13)7-3-1-6(2-4-7)8(14)5-9(15)16/h1-4H,5H2,(H,15,16). The van der Waals surface area contributed by atoms with Crippen molar-refractivity contribution in [2.24, 2.45) is 0 Å². The number of halogens is 3. The fourth-order valence-corrected chi connectivity index (χ4v) is 1.08. The molecule has 1 aromatic rings. The molecule has 1 N–H and O–H groups in total. The van der Waals surface area contributed by atoms with E-state index in [1.807, 2.05) is 0 Å². The van der Waals surface area contributed by atoms with Gasteiger partial charge in [0.15, 0.2) is 5.78 Å². The first-order valence-corrected chi connectivity index (χ1v) is 4.23. The smallest absolute Gasteiger partial charge is 0.416 e. The van der Waals surface area contributed by atoms with Gasteiger partial charge in [-0.15, -0.1) is 0 Å². The molecule has 0 heterocycles. The van der Waals surface area contributed by atoms with Crippen LogP contribution in [0.5, 0.6) is 0 Å². The van der Waals surface area contributed by atoms with Crippen molar-refractivity contribution in [3.8, 4) is 0 Å². The van der Waals surface area contributed by atoms with Crippen LogP contribution in [0.3, 0.4) is 0 Å². The van der Waals surface area contributed by atoms with Crippen molar-refractivity contribution in [1.29, 1.82) is 0 Å². The lowest BCUT2D eigenvalue weighted by atomic mass is 10.1. The van der Waals surface area contributed by atoms with Crippen LogP contribution in [-0.4, -0.2) is 16.9 Å². The lowest BCUT2D eigenvalue weighted by Gasteiger charge is -2.06. The zero-order chi connectivity index (χ0) is 12.3. The average molecular weight is 232 g/mol. The Morgan fingerprint density at radius 3 is 2.00 bits per heavy atom. The number of ketones is 1. The maximum Gasteiger partial charge on any atom is 0.416 e. The summed E-state index contributed by atoms with van der Waals surface area (Å²) in [5, 5.41) is 8.33. The first-order chi connectivity index (χ1) is 7.30. The highest BCUT2D eigenvalue weighted by atomic mass is 19.4. The van der Waals surface area contributed by atoms with Crippen LogP contribution < -0.4 is 0 Å². The van der Waals surface area contributed by atoms with Gasteiger partial charge in [0.25, 0.3) is 0 Å². The number of Topliss-reactive ketones (excluding diaryl/α,β-unsaturated/α-hetero) is 1. The summed E-state index contributed by atoms with van der Waals surface area (Å²) >= 11 is 0. The molecule has 0 aliphatic heterocycles. The van der Waals surface area contributed by atoms with Gasteiger partial charge in [-0.2, -0.15) is 13.2 Å². The van der Waals surface area contributed by atoms with E-state index >= 15 is 0 Å². The molecule has 0 saturated carbocycles. The molecule has 0 bridgehead atoms. The Kier molecular flexibility index (Phi) is 3.31. The van der Waals surface area contributed by atoms with E-state index in [9.17, 15) is 22.8 Å². The Bertz CT molecular complexity index is 406. The summed E-state index contributed by atoms with van der Waals surface area (Å²) in [4.78, 5) is 21.4. The van der Waals surface area contributed by atoms with E-state index in [1.165, 1.54) is 0 Å². The third-order valence-electron chi connectivity index (χ3n) is 1.85. The van der Waals surface area contributed by atoms with Crippen LogP contribution in [0.25, 0.3) is 0 Å². The second kappa shape index (κ2) is 4.34. The molecule has 0 unspecified atom stereocenters. The van der Waals surface area contributed by atoms with Gasteiger partial charge < -0.3 is 5.11 Å². The molecule has 1 aromatic carbocycles.